The van der Waals surface area contributed by atoms with Gasteiger partial charge in [0.2, 0.25) is 0 Å². The minimum atomic E-state index is -1.02. The zero-order valence-electron chi connectivity index (χ0n) is 25.5. The zero-order valence-corrected chi connectivity index (χ0v) is 25.5. The van der Waals surface area contributed by atoms with Crippen molar-refractivity contribution < 1.29 is 50.8 Å². The highest BCUT2D eigenvalue weighted by Gasteiger charge is 2.20. The summed E-state index contributed by atoms with van der Waals surface area (Å²) in [6.45, 7) is 5.93. The molecule has 42 heavy (non-hydrogen) atoms. The maximum absolute atomic E-state index is 11.7. The van der Waals surface area contributed by atoms with E-state index < -0.39 is 54.9 Å². The lowest BCUT2D eigenvalue weighted by atomic mass is 9.97. The molecule has 0 heterocycles. The van der Waals surface area contributed by atoms with Crippen molar-refractivity contribution in [2.75, 3.05) is 6.54 Å². The minimum Gasteiger partial charge on any atom is -0.393 e. The van der Waals surface area contributed by atoms with Gasteiger partial charge in [0.25, 0.3) is 0 Å². The molecule has 0 saturated carbocycles. The number of Topliss-reactive ketones (excluding diaryl/α,β-unsaturated/α-hetero) is 1. The minimum absolute atomic E-state index is 0.0263. The van der Waals surface area contributed by atoms with Crippen molar-refractivity contribution in [3.8, 4) is 0 Å². The van der Waals surface area contributed by atoms with Gasteiger partial charge in [-0.2, -0.15) is 0 Å². The summed E-state index contributed by atoms with van der Waals surface area (Å²) in [4.78, 5) is 15.7. The molecule has 11 heteroatoms. The third kappa shape index (κ3) is 23.0. The first-order chi connectivity index (χ1) is 19.7. The Morgan fingerprint density at radius 1 is 0.619 bits per heavy atom. The Bertz CT molecular complexity index is 775. The summed E-state index contributed by atoms with van der Waals surface area (Å²) < 4.78 is 0. The number of carbonyl (C=O) groups is 1. The van der Waals surface area contributed by atoms with E-state index in [-0.39, 0.29) is 69.5 Å². The molecule has 0 amide bonds. The highest BCUT2D eigenvalue weighted by atomic mass is 16.3. The SMILES string of the molecule is CC=NCCCC(O)CC(O)CC=CC(O)CC(O)CC(O)CC(O)CC=CC(O)CC(O)CC(O)CC(=O)C(C)C. The smallest absolute Gasteiger partial charge is 0.137 e. The normalized spacial score (nSPS) is 19.3. The number of aliphatic hydroxyl groups excluding tert-OH is 9. The lowest BCUT2D eigenvalue weighted by molar-refractivity contribution is -0.124. The van der Waals surface area contributed by atoms with Gasteiger partial charge in [0.05, 0.1) is 54.9 Å². The van der Waals surface area contributed by atoms with Crippen molar-refractivity contribution in [3.05, 3.63) is 24.3 Å². The van der Waals surface area contributed by atoms with Gasteiger partial charge in [-0.25, -0.2) is 0 Å². The summed E-state index contributed by atoms with van der Waals surface area (Å²) in [5, 5.41) is 90.7. The van der Waals surface area contributed by atoms with Gasteiger partial charge in [-0.1, -0.05) is 38.2 Å². The van der Waals surface area contributed by atoms with Crippen LogP contribution in [-0.4, -0.2) is 119 Å². The fourth-order valence-corrected chi connectivity index (χ4v) is 4.45. The maximum atomic E-state index is 11.7. The molecule has 0 fully saturated rings. The van der Waals surface area contributed by atoms with Gasteiger partial charge in [-0.05, 0) is 64.5 Å². The van der Waals surface area contributed by atoms with E-state index >= 15 is 0 Å². The van der Waals surface area contributed by atoms with Gasteiger partial charge in [-0.3, -0.25) is 9.79 Å². The fourth-order valence-electron chi connectivity index (χ4n) is 4.45. The molecular formula is C31H57NO10. The monoisotopic (exact) mass is 603 g/mol. The second kappa shape index (κ2) is 23.9. The van der Waals surface area contributed by atoms with E-state index in [1.807, 2.05) is 6.92 Å². The number of rotatable bonds is 25. The number of carbonyl (C=O) groups excluding carboxylic acids is 1. The molecule has 11 nitrogen and oxygen atoms in total. The molecule has 0 bridgehead atoms. The van der Waals surface area contributed by atoms with E-state index in [4.69, 9.17) is 0 Å². The van der Waals surface area contributed by atoms with E-state index in [0.29, 0.717) is 13.0 Å². The van der Waals surface area contributed by atoms with E-state index in [1.165, 1.54) is 18.2 Å². The summed E-state index contributed by atoms with van der Waals surface area (Å²) in [5.41, 5.74) is 0. The molecule has 246 valence electrons. The van der Waals surface area contributed by atoms with Gasteiger partial charge in [0.1, 0.15) is 5.78 Å². The third-order valence-corrected chi connectivity index (χ3v) is 6.82. The summed E-state index contributed by atoms with van der Waals surface area (Å²) >= 11 is 0. The Hall–Kier alpha value is -1.54. The molecule has 0 aromatic heterocycles. The standard InChI is InChI=1S/C31H57NO10/c1-4-32-13-7-12-26(37)14-22(33)8-5-9-23(34)15-27(38)18-28(39)16-24(35)10-6-11-25(36)17-29(40)19-30(41)20-31(42)21(2)3/h4-6,9,11,21-30,33-41H,7-8,10,12-20H2,1-3H3. The molecule has 0 aliphatic carbocycles. The second-order valence-electron chi connectivity index (χ2n) is 11.6. The Balaban J connectivity index is 4.23. The highest BCUT2D eigenvalue weighted by Crippen LogP contribution is 2.15. The molecule has 0 aliphatic rings. The number of ketones is 1. The van der Waals surface area contributed by atoms with Crippen molar-refractivity contribution in [2.24, 2.45) is 10.9 Å². The van der Waals surface area contributed by atoms with E-state index in [0.717, 1.165) is 6.42 Å². The molecule has 0 aromatic carbocycles. The van der Waals surface area contributed by atoms with Crippen LogP contribution < -0.4 is 0 Å². The number of hydrogen-bond acceptors (Lipinski definition) is 11. The van der Waals surface area contributed by atoms with Crippen LogP contribution in [0.1, 0.15) is 91.4 Å². The van der Waals surface area contributed by atoms with E-state index in [9.17, 15) is 50.8 Å². The predicted octanol–water partition coefficient (Wildman–Crippen LogP) is 0.954. The summed E-state index contributed by atoms with van der Waals surface area (Å²) in [5.74, 6) is -0.303. The third-order valence-electron chi connectivity index (χ3n) is 6.82. The number of nitrogens with zero attached hydrogens (tertiary/aromatic N) is 1. The molecule has 0 aliphatic heterocycles. The van der Waals surface area contributed by atoms with Crippen LogP contribution in [0.4, 0.5) is 0 Å². The molecule has 9 unspecified atom stereocenters. The van der Waals surface area contributed by atoms with Crippen LogP contribution in [0, 0.1) is 5.92 Å². The van der Waals surface area contributed by atoms with Crippen molar-refractivity contribution in [2.45, 2.75) is 146 Å². The van der Waals surface area contributed by atoms with Crippen molar-refractivity contribution in [3.63, 3.8) is 0 Å². The van der Waals surface area contributed by atoms with Gasteiger partial charge in [0, 0.05) is 31.7 Å². The lowest BCUT2D eigenvalue weighted by Gasteiger charge is -2.19. The summed E-state index contributed by atoms with van der Waals surface area (Å²) in [6.07, 6.45) is 0.941. The largest absolute Gasteiger partial charge is 0.393 e. The van der Waals surface area contributed by atoms with Gasteiger partial charge >= 0.3 is 0 Å². The number of aliphatic imine (C=N–C) groups is 1. The molecule has 0 rings (SSSR count). The first kappa shape index (κ1) is 40.5. The van der Waals surface area contributed by atoms with Crippen molar-refractivity contribution in [1.29, 1.82) is 0 Å². The summed E-state index contributed by atoms with van der Waals surface area (Å²) in [6, 6.07) is 0. The molecule has 9 N–H and O–H groups in total. The Kier molecular flexibility index (Phi) is 23.0. The highest BCUT2D eigenvalue weighted by molar-refractivity contribution is 5.80. The number of aliphatic hydroxyl groups is 9. The topological polar surface area (TPSA) is 211 Å². The molecule has 0 saturated heterocycles. The van der Waals surface area contributed by atoms with E-state index in [1.54, 1.807) is 26.1 Å². The van der Waals surface area contributed by atoms with Gasteiger partial charge in [-0.15, -0.1) is 0 Å². The Labute approximate surface area is 251 Å². The quantitative estimate of drug-likeness (QED) is 0.0409. The van der Waals surface area contributed by atoms with Crippen LogP contribution in [0.5, 0.6) is 0 Å². The molecule has 0 spiro atoms. The average Bonchev–Trinajstić information content (AvgIpc) is 2.85. The number of hydrogen-bond donors (Lipinski definition) is 9. The fraction of sp³-hybridized carbons (Fsp3) is 0.806. The zero-order chi connectivity index (χ0) is 32.1. The van der Waals surface area contributed by atoms with Crippen LogP contribution in [0.25, 0.3) is 0 Å². The molecular weight excluding hydrogens is 546 g/mol. The van der Waals surface area contributed by atoms with Crippen LogP contribution in [0.15, 0.2) is 29.3 Å². The van der Waals surface area contributed by atoms with Gasteiger partial charge in [0.15, 0.2) is 0 Å². The lowest BCUT2D eigenvalue weighted by Crippen LogP contribution is -2.25. The van der Waals surface area contributed by atoms with Crippen molar-refractivity contribution in [1.82, 2.24) is 0 Å². The molecule has 0 aromatic rings. The first-order valence-corrected chi connectivity index (χ1v) is 15.2. The van der Waals surface area contributed by atoms with Crippen LogP contribution >= 0.6 is 0 Å². The predicted molar refractivity (Wildman–Crippen MR) is 162 cm³/mol. The van der Waals surface area contributed by atoms with Crippen LogP contribution in [0.2, 0.25) is 0 Å². The van der Waals surface area contributed by atoms with Crippen molar-refractivity contribution >= 4 is 12.0 Å². The summed E-state index contributed by atoms with van der Waals surface area (Å²) in [7, 11) is 0. The van der Waals surface area contributed by atoms with Crippen LogP contribution in [0.3, 0.4) is 0 Å². The molecule has 9 atom stereocenters. The Morgan fingerprint density at radius 2 is 1.05 bits per heavy atom. The second-order valence-corrected chi connectivity index (χ2v) is 11.6. The molecule has 0 radical (unpaired) electrons. The van der Waals surface area contributed by atoms with Gasteiger partial charge < -0.3 is 46.0 Å². The van der Waals surface area contributed by atoms with Crippen LogP contribution in [-0.2, 0) is 4.79 Å². The first-order valence-electron chi connectivity index (χ1n) is 15.2. The average molecular weight is 604 g/mol. The maximum Gasteiger partial charge on any atom is 0.137 e. The van der Waals surface area contributed by atoms with E-state index in [2.05, 4.69) is 4.99 Å². The Morgan fingerprint density at radius 3 is 1.52 bits per heavy atom.